The molecule has 2 amide bonds. The maximum absolute atomic E-state index is 14.3. The van der Waals surface area contributed by atoms with Crippen LogP contribution in [0.3, 0.4) is 0 Å². The van der Waals surface area contributed by atoms with Crippen molar-refractivity contribution in [3.8, 4) is 0 Å². The molecule has 0 radical (unpaired) electrons. The maximum Gasteiger partial charge on any atom is 0.264 e. The van der Waals surface area contributed by atoms with Crippen LogP contribution in [0.25, 0.3) is 0 Å². The number of anilines is 1. The molecule has 3 aromatic rings. The molecule has 0 aliphatic heterocycles. The first-order chi connectivity index (χ1) is 20.6. The number of carbonyl (C=O) groups excluding carboxylic acids is 2. The number of hydrogen-bond acceptors (Lipinski definition) is 4. The van der Waals surface area contributed by atoms with Crippen molar-refractivity contribution in [3.05, 3.63) is 95.1 Å². The maximum atomic E-state index is 14.3. The number of aryl methyl sites for hydroxylation is 3. The van der Waals surface area contributed by atoms with Crippen LogP contribution in [0.15, 0.2) is 77.7 Å². The van der Waals surface area contributed by atoms with Gasteiger partial charge in [0.2, 0.25) is 11.8 Å². The summed E-state index contributed by atoms with van der Waals surface area (Å²) in [7, 11) is -4.09. The Bertz CT molecular complexity index is 1480. The summed E-state index contributed by atoms with van der Waals surface area (Å²) in [4.78, 5) is 29.7. The number of hydrogen-bond donors (Lipinski definition) is 1. The Morgan fingerprint density at radius 3 is 2.16 bits per heavy atom. The van der Waals surface area contributed by atoms with Crippen molar-refractivity contribution in [2.45, 2.75) is 89.6 Å². The molecule has 1 fully saturated rings. The average Bonchev–Trinajstić information content (AvgIpc) is 2.99. The first kappa shape index (κ1) is 32.3. The highest BCUT2D eigenvalue weighted by Gasteiger charge is 2.34. The molecule has 1 N–H and O–H groups in total. The molecular formula is C35H45N3O4S. The summed E-state index contributed by atoms with van der Waals surface area (Å²) in [5.41, 5.74) is 4.18. The van der Waals surface area contributed by atoms with Crippen LogP contribution in [0.5, 0.6) is 0 Å². The Balaban J connectivity index is 1.69. The molecule has 4 rings (SSSR count). The molecule has 0 spiro atoms. The monoisotopic (exact) mass is 603 g/mol. The quantitative estimate of drug-likeness (QED) is 0.271. The third kappa shape index (κ3) is 8.25. The van der Waals surface area contributed by atoms with Crippen LogP contribution in [0.2, 0.25) is 0 Å². The van der Waals surface area contributed by atoms with Gasteiger partial charge >= 0.3 is 0 Å². The molecule has 1 aliphatic carbocycles. The van der Waals surface area contributed by atoms with E-state index in [9.17, 15) is 18.0 Å². The van der Waals surface area contributed by atoms with Gasteiger partial charge in [0, 0.05) is 12.6 Å². The van der Waals surface area contributed by atoms with E-state index < -0.39 is 28.5 Å². The minimum atomic E-state index is -4.09. The molecule has 0 bridgehead atoms. The van der Waals surface area contributed by atoms with Crippen LogP contribution >= 0.6 is 0 Å². The number of nitrogens with zero attached hydrogens (tertiary/aromatic N) is 2. The number of rotatable bonds is 12. The fourth-order valence-electron chi connectivity index (χ4n) is 5.88. The normalized spacial score (nSPS) is 14.6. The summed E-state index contributed by atoms with van der Waals surface area (Å²) in [5.74, 6) is -0.576. The zero-order valence-electron chi connectivity index (χ0n) is 25.9. The summed E-state index contributed by atoms with van der Waals surface area (Å²) in [5, 5.41) is 3.20. The van der Waals surface area contributed by atoms with Gasteiger partial charge in [-0.1, -0.05) is 91.9 Å². The molecule has 1 atom stereocenters. The molecule has 43 heavy (non-hydrogen) atoms. The molecule has 8 heteroatoms. The van der Waals surface area contributed by atoms with Gasteiger partial charge in [-0.25, -0.2) is 8.42 Å². The van der Waals surface area contributed by atoms with Gasteiger partial charge in [-0.15, -0.1) is 0 Å². The second kappa shape index (κ2) is 14.7. The van der Waals surface area contributed by atoms with Gasteiger partial charge < -0.3 is 10.2 Å². The van der Waals surface area contributed by atoms with E-state index in [1.54, 1.807) is 35.2 Å². The van der Waals surface area contributed by atoms with Crippen molar-refractivity contribution in [1.82, 2.24) is 10.2 Å². The molecule has 0 aromatic heterocycles. The van der Waals surface area contributed by atoms with Gasteiger partial charge in [0.25, 0.3) is 10.0 Å². The average molecular weight is 604 g/mol. The molecule has 230 valence electrons. The SMILES string of the molecule is CC[C@@H](C(=O)NC1CCCCC1)N(CCc1ccccc1)C(=O)CN(c1ccc(C)cc1C)S(=O)(=O)c1ccc(C)cc1. The number of amides is 2. The first-order valence-electron chi connectivity index (χ1n) is 15.4. The Labute approximate surface area is 257 Å². The van der Waals surface area contributed by atoms with Gasteiger partial charge in [-0.05, 0) is 75.8 Å². The molecule has 0 saturated heterocycles. The zero-order valence-corrected chi connectivity index (χ0v) is 26.7. The van der Waals surface area contributed by atoms with E-state index >= 15 is 0 Å². The van der Waals surface area contributed by atoms with E-state index in [4.69, 9.17) is 0 Å². The van der Waals surface area contributed by atoms with Crippen molar-refractivity contribution < 1.29 is 18.0 Å². The van der Waals surface area contributed by atoms with E-state index in [2.05, 4.69) is 5.32 Å². The highest BCUT2D eigenvalue weighted by Crippen LogP contribution is 2.28. The van der Waals surface area contributed by atoms with Crippen LogP contribution < -0.4 is 9.62 Å². The molecule has 0 unspecified atom stereocenters. The molecule has 1 saturated carbocycles. The number of sulfonamides is 1. The van der Waals surface area contributed by atoms with Crippen molar-refractivity contribution >= 4 is 27.5 Å². The van der Waals surface area contributed by atoms with Crippen molar-refractivity contribution in [1.29, 1.82) is 0 Å². The van der Waals surface area contributed by atoms with Gasteiger partial charge in [0.05, 0.1) is 10.6 Å². The smallest absolute Gasteiger partial charge is 0.264 e. The van der Waals surface area contributed by atoms with E-state index in [-0.39, 0.29) is 16.8 Å². The third-order valence-electron chi connectivity index (χ3n) is 8.33. The summed E-state index contributed by atoms with van der Waals surface area (Å²) in [6, 6.07) is 21.4. The van der Waals surface area contributed by atoms with Crippen LogP contribution in [0.1, 0.15) is 67.7 Å². The molecule has 7 nitrogen and oxygen atoms in total. The minimum absolute atomic E-state index is 0.106. The van der Waals surface area contributed by atoms with Crippen LogP contribution in [0.4, 0.5) is 5.69 Å². The molecule has 3 aromatic carbocycles. The van der Waals surface area contributed by atoms with Gasteiger partial charge in [0.15, 0.2) is 0 Å². The minimum Gasteiger partial charge on any atom is -0.352 e. The number of nitrogens with one attached hydrogen (secondary N) is 1. The second-order valence-corrected chi connectivity index (χ2v) is 13.6. The first-order valence-corrected chi connectivity index (χ1v) is 16.8. The predicted octanol–water partition coefficient (Wildman–Crippen LogP) is 6.11. The summed E-state index contributed by atoms with van der Waals surface area (Å²) in [6.07, 6.45) is 6.20. The van der Waals surface area contributed by atoms with Gasteiger partial charge in [0.1, 0.15) is 12.6 Å². The summed E-state index contributed by atoms with van der Waals surface area (Å²) >= 11 is 0. The van der Waals surface area contributed by atoms with E-state index in [1.165, 1.54) is 10.7 Å². The van der Waals surface area contributed by atoms with Crippen molar-refractivity contribution in [2.24, 2.45) is 0 Å². The van der Waals surface area contributed by atoms with E-state index in [0.717, 1.165) is 47.9 Å². The molecular weight excluding hydrogens is 558 g/mol. The van der Waals surface area contributed by atoms with Crippen LogP contribution in [0, 0.1) is 20.8 Å². The Kier molecular flexibility index (Phi) is 11.0. The summed E-state index contributed by atoms with van der Waals surface area (Å²) < 4.78 is 29.5. The Morgan fingerprint density at radius 1 is 0.884 bits per heavy atom. The molecule has 1 aliphatic rings. The summed E-state index contributed by atoms with van der Waals surface area (Å²) in [6.45, 7) is 7.48. The van der Waals surface area contributed by atoms with Crippen molar-refractivity contribution in [3.63, 3.8) is 0 Å². The lowest BCUT2D eigenvalue weighted by Crippen LogP contribution is -2.54. The zero-order chi connectivity index (χ0) is 31.0. The van der Waals surface area contributed by atoms with E-state index in [1.807, 2.05) is 70.2 Å². The lowest BCUT2D eigenvalue weighted by molar-refractivity contribution is -0.140. The second-order valence-electron chi connectivity index (χ2n) is 11.7. The lowest BCUT2D eigenvalue weighted by atomic mass is 9.95. The topological polar surface area (TPSA) is 86.8 Å². The van der Waals surface area contributed by atoms with Crippen LogP contribution in [-0.4, -0.2) is 50.3 Å². The van der Waals surface area contributed by atoms with E-state index in [0.29, 0.717) is 25.1 Å². The highest BCUT2D eigenvalue weighted by molar-refractivity contribution is 7.92. The lowest BCUT2D eigenvalue weighted by Gasteiger charge is -2.34. The van der Waals surface area contributed by atoms with Gasteiger partial charge in [-0.2, -0.15) is 0 Å². The largest absolute Gasteiger partial charge is 0.352 e. The van der Waals surface area contributed by atoms with Gasteiger partial charge in [-0.3, -0.25) is 13.9 Å². The standard InChI is InChI=1S/C35H45N3O4S/c1-5-32(35(40)36-30-14-10-7-11-15-30)37(23-22-29-12-8-6-9-13-29)34(39)25-38(33-21-18-27(3)24-28(33)4)43(41,42)31-19-16-26(2)17-20-31/h6,8-9,12-13,16-21,24,30,32H,5,7,10-11,14-15,22-23,25H2,1-4H3,(H,36,40)/t32-/m0/s1. The Morgan fingerprint density at radius 2 is 1.53 bits per heavy atom. The number of carbonyl (C=O) groups is 2. The third-order valence-corrected chi connectivity index (χ3v) is 10.1. The fourth-order valence-corrected chi connectivity index (χ4v) is 7.35. The molecule has 0 heterocycles. The number of benzene rings is 3. The van der Waals surface area contributed by atoms with Crippen LogP contribution in [-0.2, 0) is 26.0 Å². The fraction of sp³-hybridized carbons (Fsp3) is 0.429. The Hall–Kier alpha value is -3.65. The van der Waals surface area contributed by atoms with Crippen molar-refractivity contribution in [2.75, 3.05) is 17.4 Å². The highest BCUT2D eigenvalue weighted by atomic mass is 32.2. The predicted molar refractivity (Wildman–Crippen MR) is 173 cm³/mol.